The van der Waals surface area contributed by atoms with E-state index in [4.69, 9.17) is 5.26 Å². The number of nitrogens with zero attached hydrogens (tertiary/aromatic N) is 5. The fourth-order valence-electron chi connectivity index (χ4n) is 3.98. The highest BCUT2D eigenvalue weighted by molar-refractivity contribution is 6.11. The molecule has 2 aromatic heterocycles. The summed E-state index contributed by atoms with van der Waals surface area (Å²) in [5, 5.41) is 33.8. The van der Waals surface area contributed by atoms with Gasteiger partial charge in [-0.05, 0) is 42.3 Å². The average molecular weight is 427 g/mol. The summed E-state index contributed by atoms with van der Waals surface area (Å²) < 4.78 is 1.70. The quantitative estimate of drug-likeness (QED) is 0.450. The molecule has 1 atom stereocenters. The minimum absolute atomic E-state index is 0.301. The average Bonchev–Trinajstić information content (AvgIpc) is 3.53. The summed E-state index contributed by atoms with van der Waals surface area (Å²) in [4.78, 5) is 14.9. The summed E-state index contributed by atoms with van der Waals surface area (Å²) in [6.45, 7) is 1.90. The first-order chi connectivity index (χ1) is 15.6. The number of nitriles is 1. The van der Waals surface area contributed by atoms with E-state index in [0.717, 1.165) is 35.1 Å². The summed E-state index contributed by atoms with van der Waals surface area (Å²) in [5.41, 5.74) is 4.17. The number of carbonyl (C=O) groups is 1. The fourth-order valence-corrected chi connectivity index (χ4v) is 3.98. The van der Waals surface area contributed by atoms with Crippen molar-refractivity contribution in [1.82, 2.24) is 20.0 Å². The second-order valence-corrected chi connectivity index (χ2v) is 7.88. The van der Waals surface area contributed by atoms with Crippen LogP contribution in [0.2, 0.25) is 0 Å². The number of anilines is 2. The lowest BCUT2D eigenvalue weighted by Crippen LogP contribution is -2.20. The second kappa shape index (κ2) is 8.17. The number of aromatic amines is 1. The van der Waals surface area contributed by atoms with Crippen LogP contribution >= 0.6 is 0 Å². The Morgan fingerprint density at radius 1 is 1.31 bits per heavy atom. The highest BCUT2D eigenvalue weighted by atomic mass is 16.3. The van der Waals surface area contributed by atoms with Crippen molar-refractivity contribution in [1.29, 1.82) is 5.26 Å². The second-order valence-electron chi connectivity index (χ2n) is 7.88. The first kappa shape index (κ1) is 19.8. The SMILES string of the molecule is N#Cc1cccc(Cn2cc(NC(=O)c3n[nH]c4cc(N5CCC(O)C5)ccc34)cn2)c1. The molecule has 0 saturated carbocycles. The molecule has 9 heteroatoms. The number of nitrogens with one attached hydrogen (secondary N) is 2. The van der Waals surface area contributed by atoms with Gasteiger partial charge < -0.3 is 15.3 Å². The maximum atomic E-state index is 12.8. The molecule has 3 heterocycles. The molecule has 1 aliphatic rings. The number of amides is 1. The summed E-state index contributed by atoms with van der Waals surface area (Å²) in [6.07, 6.45) is 3.77. The predicted octanol–water partition coefficient (Wildman–Crippen LogP) is 2.50. The van der Waals surface area contributed by atoms with E-state index in [2.05, 4.69) is 31.6 Å². The van der Waals surface area contributed by atoms with Gasteiger partial charge in [-0.25, -0.2) is 0 Å². The van der Waals surface area contributed by atoms with E-state index in [9.17, 15) is 9.90 Å². The third kappa shape index (κ3) is 3.91. The zero-order valence-corrected chi connectivity index (χ0v) is 17.2. The van der Waals surface area contributed by atoms with Gasteiger partial charge in [-0.1, -0.05) is 12.1 Å². The Kier molecular flexibility index (Phi) is 5.05. The van der Waals surface area contributed by atoms with Crippen molar-refractivity contribution in [2.75, 3.05) is 23.3 Å². The van der Waals surface area contributed by atoms with Crippen molar-refractivity contribution in [3.63, 3.8) is 0 Å². The largest absolute Gasteiger partial charge is 0.391 e. The van der Waals surface area contributed by atoms with Crippen LogP contribution in [0.5, 0.6) is 0 Å². The predicted molar refractivity (Wildman–Crippen MR) is 119 cm³/mol. The zero-order valence-electron chi connectivity index (χ0n) is 17.2. The van der Waals surface area contributed by atoms with E-state index in [1.807, 2.05) is 36.4 Å². The van der Waals surface area contributed by atoms with Crippen molar-refractivity contribution in [2.45, 2.75) is 19.1 Å². The van der Waals surface area contributed by atoms with Crippen LogP contribution in [0.4, 0.5) is 11.4 Å². The van der Waals surface area contributed by atoms with Crippen LogP contribution in [-0.4, -0.2) is 50.2 Å². The number of H-pyrrole nitrogens is 1. The smallest absolute Gasteiger partial charge is 0.276 e. The van der Waals surface area contributed by atoms with Gasteiger partial charge in [-0.3, -0.25) is 14.6 Å². The molecule has 5 rings (SSSR count). The zero-order chi connectivity index (χ0) is 22.1. The molecule has 32 heavy (non-hydrogen) atoms. The Morgan fingerprint density at radius 3 is 3.03 bits per heavy atom. The number of rotatable bonds is 5. The fraction of sp³-hybridized carbons (Fsp3) is 0.217. The van der Waals surface area contributed by atoms with Crippen molar-refractivity contribution >= 4 is 28.2 Å². The molecule has 0 spiro atoms. The van der Waals surface area contributed by atoms with Crippen LogP contribution in [0.25, 0.3) is 10.9 Å². The number of aliphatic hydroxyl groups is 1. The van der Waals surface area contributed by atoms with Crippen LogP contribution in [-0.2, 0) is 6.54 Å². The molecule has 1 unspecified atom stereocenters. The minimum Gasteiger partial charge on any atom is -0.391 e. The first-order valence-electron chi connectivity index (χ1n) is 10.3. The third-order valence-electron chi connectivity index (χ3n) is 5.58. The number of aromatic nitrogens is 4. The lowest BCUT2D eigenvalue weighted by molar-refractivity contribution is 0.102. The van der Waals surface area contributed by atoms with Crippen LogP contribution in [0.3, 0.4) is 0 Å². The van der Waals surface area contributed by atoms with Gasteiger partial charge in [0.25, 0.3) is 5.91 Å². The number of hydrogen-bond acceptors (Lipinski definition) is 6. The summed E-state index contributed by atoms with van der Waals surface area (Å²) in [7, 11) is 0. The molecule has 2 aromatic carbocycles. The lowest BCUT2D eigenvalue weighted by Gasteiger charge is -2.17. The van der Waals surface area contributed by atoms with Gasteiger partial charge in [-0.2, -0.15) is 15.5 Å². The highest BCUT2D eigenvalue weighted by Crippen LogP contribution is 2.26. The van der Waals surface area contributed by atoms with Gasteiger partial charge in [0.1, 0.15) is 0 Å². The molecular weight excluding hydrogens is 406 g/mol. The van der Waals surface area contributed by atoms with Crippen LogP contribution in [0.1, 0.15) is 28.0 Å². The lowest BCUT2D eigenvalue weighted by atomic mass is 10.1. The monoisotopic (exact) mass is 427 g/mol. The van der Waals surface area contributed by atoms with E-state index in [-0.39, 0.29) is 12.0 Å². The van der Waals surface area contributed by atoms with E-state index in [1.54, 1.807) is 23.1 Å². The van der Waals surface area contributed by atoms with Gasteiger partial charge in [0, 0.05) is 30.4 Å². The molecular formula is C23H21N7O2. The number of aliphatic hydroxyl groups excluding tert-OH is 1. The number of fused-ring (bicyclic) bond motifs is 1. The van der Waals surface area contributed by atoms with Gasteiger partial charge >= 0.3 is 0 Å². The first-order valence-corrected chi connectivity index (χ1v) is 10.3. The number of β-amino-alcohol motifs (C(OH)–C–C–N with tert-alkyl or cyclic N) is 1. The Morgan fingerprint density at radius 2 is 2.22 bits per heavy atom. The highest BCUT2D eigenvalue weighted by Gasteiger charge is 2.22. The maximum Gasteiger partial charge on any atom is 0.276 e. The van der Waals surface area contributed by atoms with Crippen LogP contribution in [0, 0.1) is 11.3 Å². The van der Waals surface area contributed by atoms with Gasteiger partial charge in [0.2, 0.25) is 0 Å². The van der Waals surface area contributed by atoms with E-state index < -0.39 is 0 Å². The Hall–Kier alpha value is -4.16. The van der Waals surface area contributed by atoms with E-state index >= 15 is 0 Å². The summed E-state index contributed by atoms with van der Waals surface area (Å²) >= 11 is 0. The molecule has 9 nitrogen and oxygen atoms in total. The molecule has 1 saturated heterocycles. The van der Waals surface area contributed by atoms with Gasteiger partial charge in [-0.15, -0.1) is 0 Å². The Balaban J connectivity index is 1.29. The van der Waals surface area contributed by atoms with Crippen LogP contribution < -0.4 is 10.2 Å². The maximum absolute atomic E-state index is 12.8. The molecule has 4 aromatic rings. The molecule has 1 fully saturated rings. The van der Waals surface area contributed by atoms with Crippen molar-refractivity contribution in [3.8, 4) is 6.07 Å². The Labute approximate surface area is 183 Å². The topological polar surface area (TPSA) is 123 Å². The number of carbonyl (C=O) groups excluding carboxylic acids is 1. The van der Waals surface area contributed by atoms with Crippen LogP contribution in [0.15, 0.2) is 54.9 Å². The molecule has 0 bridgehead atoms. The molecule has 0 aliphatic carbocycles. The minimum atomic E-state index is -0.327. The van der Waals surface area contributed by atoms with E-state index in [0.29, 0.717) is 30.0 Å². The van der Waals surface area contributed by atoms with E-state index in [1.165, 1.54) is 0 Å². The molecule has 160 valence electrons. The Bertz CT molecular complexity index is 1330. The number of benzene rings is 2. The standard InChI is InChI=1S/C23H21N7O2/c24-10-15-2-1-3-16(8-15)12-30-13-17(11-25-30)26-23(32)22-20-5-4-18(9-21(20)27-28-22)29-7-6-19(31)14-29/h1-5,8-9,11,13,19,31H,6-7,12,14H2,(H,26,32)(H,27,28). The normalized spacial score (nSPS) is 15.8. The molecule has 3 N–H and O–H groups in total. The summed E-state index contributed by atoms with van der Waals surface area (Å²) in [6, 6.07) is 15.2. The number of hydrogen-bond donors (Lipinski definition) is 3. The van der Waals surface area contributed by atoms with Crippen molar-refractivity contribution < 1.29 is 9.90 Å². The van der Waals surface area contributed by atoms with Gasteiger partial charge in [0.15, 0.2) is 5.69 Å². The van der Waals surface area contributed by atoms with Gasteiger partial charge in [0.05, 0.1) is 41.7 Å². The van der Waals surface area contributed by atoms with Crippen molar-refractivity contribution in [3.05, 3.63) is 71.7 Å². The molecule has 1 amide bonds. The van der Waals surface area contributed by atoms with Crippen molar-refractivity contribution in [2.24, 2.45) is 0 Å². The molecule has 0 radical (unpaired) electrons. The third-order valence-corrected chi connectivity index (χ3v) is 5.58. The summed E-state index contributed by atoms with van der Waals surface area (Å²) in [5.74, 6) is -0.327. The molecule has 1 aliphatic heterocycles.